The Bertz CT molecular complexity index is 377. The van der Waals surface area contributed by atoms with E-state index in [0.717, 1.165) is 6.42 Å². The Kier molecular flexibility index (Phi) is 5.11. The molecule has 1 rings (SSSR count). The molecule has 5 nitrogen and oxygen atoms in total. The fourth-order valence-corrected chi connectivity index (χ4v) is 2.94. The maximum Gasteiger partial charge on any atom is 0.326 e. The van der Waals surface area contributed by atoms with Crippen LogP contribution in [0.3, 0.4) is 0 Å². The molecule has 0 aliphatic heterocycles. The first-order valence-electron chi connectivity index (χ1n) is 6.74. The third kappa shape index (κ3) is 4.35. The van der Waals surface area contributed by atoms with Crippen LogP contribution < -0.4 is 16.6 Å². The highest BCUT2D eigenvalue weighted by molar-refractivity contribution is 5.83. The molecule has 5 heteroatoms. The van der Waals surface area contributed by atoms with Crippen LogP contribution in [0.1, 0.15) is 40.5 Å². The number of hydrazine groups is 1. The third-order valence-electron chi connectivity index (χ3n) is 3.75. The standard InChI is InChI=1S/C14H25N3O2/c1-9-6-5-7-14(3,4)12(9)11(18)8-10(2)16-17-13(15)19/h5-6,9-10,12,16H,7-8H2,1-4H3,(H3,15,17,19)/t9-,10+,12-/m0/s1. The van der Waals surface area contributed by atoms with E-state index in [4.69, 9.17) is 5.73 Å². The molecule has 0 aromatic heterocycles. The first kappa shape index (κ1) is 15.7. The lowest BCUT2D eigenvalue weighted by Crippen LogP contribution is -2.47. The van der Waals surface area contributed by atoms with Crippen LogP contribution in [0.2, 0.25) is 0 Å². The number of hydrogen-bond acceptors (Lipinski definition) is 3. The van der Waals surface area contributed by atoms with Crippen molar-refractivity contribution in [2.24, 2.45) is 23.0 Å². The van der Waals surface area contributed by atoms with E-state index < -0.39 is 6.03 Å². The van der Waals surface area contributed by atoms with E-state index >= 15 is 0 Å². The van der Waals surface area contributed by atoms with Crippen LogP contribution in [0.25, 0.3) is 0 Å². The van der Waals surface area contributed by atoms with E-state index in [0.29, 0.717) is 6.42 Å². The summed E-state index contributed by atoms with van der Waals surface area (Å²) in [4.78, 5) is 23.1. The zero-order valence-corrected chi connectivity index (χ0v) is 12.2. The fraction of sp³-hybridized carbons (Fsp3) is 0.714. The molecule has 1 aliphatic carbocycles. The molecule has 0 aromatic carbocycles. The molecular formula is C14H25N3O2. The van der Waals surface area contributed by atoms with Gasteiger partial charge in [0.2, 0.25) is 0 Å². The number of primary amides is 1. The molecule has 4 N–H and O–H groups in total. The number of rotatable bonds is 5. The van der Waals surface area contributed by atoms with Crippen molar-refractivity contribution >= 4 is 11.8 Å². The number of nitrogens with two attached hydrogens (primary N) is 1. The summed E-state index contributed by atoms with van der Waals surface area (Å²) >= 11 is 0. The largest absolute Gasteiger partial charge is 0.351 e. The van der Waals surface area contributed by atoms with Crippen LogP contribution in [0.4, 0.5) is 4.79 Å². The molecule has 0 aromatic rings. The van der Waals surface area contributed by atoms with Crippen LogP contribution in [-0.2, 0) is 4.79 Å². The molecule has 0 unspecified atom stereocenters. The van der Waals surface area contributed by atoms with E-state index in [1.54, 1.807) is 0 Å². The lowest BCUT2D eigenvalue weighted by atomic mass is 9.65. The van der Waals surface area contributed by atoms with Gasteiger partial charge in [0.15, 0.2) is 0 Å². The van der Waals surface area contributed by atoms with Crippen LogP contribution in [0, 0.1) is 17.3 Å². The molecule has 0 heterocycles. The minimum atomic E-state index is -0.645. The summed E-state index contributed by atoms with van der Waals surface area (Å²) in [6.45, 7) is 8.20. The Hall–Kier alpha value is -1.36. The number of amides is 2. The molecule has 0 fully saturated rings. The molecule has 1 aliphatic rings. The summed E-state index contributed by atoms with van der Waals surface area (Å²) in [6.07, 6.45) is 5.58. The van der Waals surface area contributed by atoms with Crippen LogP contribution in [0.5, 0.6) is 0 Å². The van der Waals surface area contributed by atoms with Crippen molar-refractivity contribution in [3.8, 4) is 0 Å². The van der Waals surface area contributed by atoms with Gasteiger partial charge in [-0.05, 0) is 24.7 Å². The van der Waals surface area contributed by atoms with Gasteiger partial charge < -0.3 is 5.73 Å². The topological polar surface area (TPSA) is 84.2 Å². The predicted octanol–water partition coefficient (Wildman–Crippen LogP) is 1.75. The van der Waals surface area contributed by atoms with E-state index in [-0.39, 0.29) is 29.1 Å². The Morgan fingerprint density at radius 1 is 1.47 bits per heavy atom. The highest BCUT2D eigenvalue weighted by atomic mass is 16.2. The van der Waals surface area contributed by atoms with Gasteiger partial charge in [-0.1, -0.05) is 32.9 Å². The highest BCUT2D eigenvalue weighted by Gasteiger charge is 2.39. The second kappa shape index (κ2) is 6.19. The van der Waals surface area contributed by atoms with Gasteiger partial charge in [-0.25, -0.2) is 10.2 Å². The number of urea groups is 1. The fourth-order valence-electron chi connectivity index (χ4n) is 2.94. The maximum atomic E-state index is 12.5. The number of ketones is 1. The number of allylic oxidation sites excluding steroid dienone is 2. The van der Waals surface area contributed by atoms with E-state index in [2.05, 4.69) is 43.8 Å². The molecular weight excluding hydrogens is 242 g/mol. The van der Waals surface area contributed by atoms with Gasteiger partial charge in [0.25, 0.3) is 0 Å². The maximum absolute atomic E-state index is 12.5. The summed E-state index contributed by atoms with van der Waals surface area (Å²) in [5, 5.41) is 0. The van der Waals surface area contributed by atoms with Crippen LogP contribution in [-0.4, -0.2) is 17.9 Å². The number of hydrogen-bond donors (Lipinski definition) is 3. The molecule has 0 bridgehead atoms. The Morgan fingerprint density at radius 3 is 2.63 bits per heavy atom. The highest BCUT2D eigenvalue weighted by Crippen LogP contribution is 2.41. The smallest absolute Gasteiger partial charge is 0.326 e. The third-order valence-corrected chi connectivity index (χ3v) is 3.75. The Balaban J connectivity index is 2.61. The van der Waals surface area contributed by atoms with Crippen molar-refractivity contribution in [3.05, 3.63) is 12.2 Å². The Labute approximate surface area is 115 Å². The molecule has 0 saturated heterocycles. The first-order chi connectivity index (χ1) is 8.74. The number of carbonyl (C=O) groups is 2. The second-order valence-corrected chi connectivity index (χ2v) is 6.16. The average molecular weight is 267 g/mol. The van der Waals surface area contributed by atoms with Gasteiger partial charge in [-0.15, -0.1) is 0 Å². The van der Waals surface area contributed by atoms with Crippen LogP contribution >= 0.6 is 0 Å². The SMILES string of the molecule is C[C@H](CC(=O)[C@@H]1[C@@H](C)C=CCC1(C)C)NNC(N)=O. The van der Waals surface area contributed by atoms with Crippen molar-refractivity contribution in [1.82, 2.24) is 10.9 Å². The minimum absolute atomic E-state index is 0.0118. The normalized spacial score (nSPS) is 26.7. The summed E-state index contributed by atoms with van der Waals surface area (Å²) in [5.41, 5.74) is 10.0. The van der Waals surface area contributed by atoms with E-state index in [1.165, 1.54) is 0 Å². The molecule has 0 spiro atoms. The summed E-state index contributed by atoms with van der Waals surface area (Å²) in [7, 11) is 0. The number of nitrogens with one attached hydrogen (secondary N) is 2. The van der Waals surface area contributed by atoms with Crippen molar-refractivity contribution < 1.29 is 9.59 Å². The molecule has 19 heavy (non-hydrogen) atoms. The molecule has 108 valence electrons. The second-order valence-electron chi connectivity index (χ2n) is 6.16. The molecule has 0 saturated carbocycles. The van der Waals surface area contributed by atoms with Crippen molar-refractivity contribution in [2.45, 2.75) is 46.6 Å². The number of carbonyl (C=O) groups excluding carboxylic acids is 2. The van der Waals surface area contributed by atoms with Gasteiger partial charge >= 0.3 is 6.03 Å². The summed E-state index contributed by atoms with van der Waals surface area (Å²) < 4.78 is 0. The Morgan fingerprint density at radius 2 is 2.11 bits per heavy atom. The lowest BCUT2D eigenvalue weighted by molar-refractivity contribution is -0.128. The summed E-state index contributed by atoms with van der Waals surface area (Å²) in [5.74, 6) is 0.510. The van der Waals surface area contributed by atoms with Gasteiger partial charge in [0, 0.05) is 18.4 Å². The lowest BCUT2D eigenvalue weighted by Gasteiger charge is -2.39. The van der Waals surface area contributed by atoms with E-state index in [1.807, 2.05) is 6.92 Å². The van der Waals surface area contributed by atoms with Crippen LogP contribution in [0.15, 0.2) is 12.2 Å². The van der Waals surface area contributed by atoms with Gasteiger partial charge in [-0.3, -0.25) is 10.2 Å². The van der Waals surface area contributed by atoms with Gasteiger partial charge in [-0.2, -0.15) is 0 Å². The number of Topliss-reactive ketones (excluding diaryl/α,β-unsaturated/α-hetero) is 1. The van der Waals surface area contributed by atoms with Crippen molar-refractivity contribution in [3.63, 3.8) is 0 Å². The van der Waals surface area contributed by atoms with E-state index in [9.17, 15) is 9.59 Å². The van der Waals surface area contributed by atoms with Gasteiger partial charge in [0.1, 0.15) is 5.78 Å². The zero-order valence-electron chi connectivity index (χ0n) is 12.2. The minimum Gasteiger partial charge on any atom is -0.351 e. The zero-order chi connectivity index (χ0) is 14.6. The predicted molar refractivity (Wildman–Crippen MR) is 75.1 cm³/mol. The van der Waals surface area contributed by atoms with Crippen molar-refractivity contribution in [2.75, 3.05) is 0 Å². The molecule has 3 atom stereocenters. The van der Waals surface area contributed by atoms with Gasteiger partial charge in [0.05, 0.1) is 0 Å². The molecule has 2 amide bonds. The molecule has 0 radical (unpaired) electrons. The monoisotopic (exact) mass is 267 g/mol. The first-order valence-corrected chi connectivity index (χ1v) is 6.74. The summed E-state index contributed by atoms with van der Waals surface area (Å²) in [6, 6.07) is -0.775. The average Bonchev–Trinajstić information content (AvgIpc) is 2.24. The van der Waals surface area contributed by atoms with Crippen molar-refractivity contribution in [1.29, 1.82) is 0 Å². The quantitative estimate of drug-likeness (QED) is 0.524.